The van der Waals surface area contributed by atoms with Crippen LogP contribution in [0.15, 0.2) is 41.0 Å². The number of nitrogens with one attached hydrogen (secondary N) is 1. The molecule has 0 saturated heterocycles. The highest BCUT2D eigenvalue weighted by Crippen LogP contribution is 2.27. The Kier molecular flexibility index (Phi) is 4.27. The molecule has 1 aliphatic heterocycles. The largest absolute Gasteiger partial charge is 0.496 e. The highest BCUT2D eigenvalue weighted by Gasteiger charge is 2.20. The van der Waals surface area contributed by atoms with Gasteiger partial charge in [0.25, 0.3) is 0 Å². The summed E-state index contributed by atoms with van der Waals surface area (Å²) in [7, 11) is -3.14. The van der Waals surface area contributed by atoms with Crippen molar-refractivity contribution < 1.29 is 13.2 Å². The van der Waals surface area contributed by atoms with Crippen LogP contribution in [0.2, 0.25) is 0 Å². The molecule has 2 rings (SSSR count). The van der Waals surface area contributed by atoms with E-state index in [0.717, 1.165) is 30.9 Å². The lowest BCUT2D eigenvalue weighted by Crippen LogP contribution is -2.23. The third kappa shape index (κ3) is 3.36. The fourth-order valence-corrected chi connectivity index (χ4v) is 2.76. The summed E-state index contributed by atoms with van der Waals surface area (Å²) in [5.74, 6) is 0.925. The molecule has 5 heteroatoms. The van der Waals surface area contributed by atoms with Gasteiger partial charge in [-0.3, -0.25) is 0 Å². The van der Waals surface area contributed by atoms with Crippen LogP contribution < -0.4 is 5.32 Å². The smallest absolute Gasteiger partial charge is 0.175 e. The minimum absolute atomic E-state index is 0.00103. The molecular weight excluding hydrogens is 262 g/mol. The lowest BCUT2D eigenvalue weighted by atomic mass is 10.0. The minimum atomic E-state index is -3.14. The summed E-state index contributed by atoms with van der Waals surface area (Å²) in [5.41, 5.74) is 1.02. The number of hydrogen-bond acceptors (Lipinski definition) is 4. The van der Waals surface area contributed by atoms with Gasteiger partial charge in [0, 0.05) is 12.7 Å². The lowest BCUT2D eigenvalue weighted by Gasteiger charge is -2.19. The standard InChI is InChI=1S/C14H19NO3S/c1-3-15-14(13-5-4-10-18-13)11-6-8-12(9-7-11)19(2,16)17/h5-9,14-15H,3-4,10H2,1-2H3. The van der Waals surface area contributed by atoms with Gasteiger partial charge in [-0.15, -0.1) is 0 Å². The number of ether oxygens (including phenoxy) is 1. The van der Waals surface area contributed by atoms with E-state index in [2.05, 4.69) is 11.4 Å². The van der Waals surface area contributed by atoms with Gasteiger partial charge in [-0.2, -0.15) is 0 Å². The second kappa shape index (κ2) is 5.75. The molecule has 0 fully saturated rings. The van der Waals surface area contributed by atoms with Crippen molar-refractivity contribution in [2.75, 3.05) is 19.4 Å². The van der Waals surface area contributed by atoms with E-state index in [4.69, 9.17) is 4.74 Å². The summed E-state index contributed by atoms with van der Waals surface area (Å²) < 4.78 is 28.5. The summed E-state index contributed by atoms with van der Waals surface area (Å²) in [6, 6.07) is 6.97. The van der Waals surface area contributed by atoms with Crippen LogP contribution in [0.3, 0.4) is 0 Å². The van der Waals surface area contributed by atoms with Gasteiger partial charge in [-0.25, -0.2) is 8.42 Å². The average molecular weight is 281 g/mol. The maximum Gasteiger partial charge on any atom is 0.175 e. The van der Waals surface area contributed by atoms with Crippen molar-refractivity contribution in [3.05, 3.63) is 41.7 Å². The molecule has 0 saturated carbocycles. The van der Waals surface area contributed by atoms with Gasteiger partial charge in [0.15, 0.2) is 9.84 Å². The molecule has 19 heavy (non-hydrogen) atoms. The van der Waals surface area contributed by atoms with E-state index in [0.29, 0.717) is 4.90 Å². The number of rotatable bonds is 5. The van der Waals surface area contributed by atoms with E-state index in [1.165, 1.54) is 6.26 Å². The van der Waals surface area contributed by atoms with Crippen LogP contribution in [-0.2, 0) is 14.6 Å². The Bertz CT molecular complexity index is 561. The average Bonchev–Trinajstić information content (AvgIpc) is 2.89. The number of benzene rings is 1. The molecule has 0 amide bonds. The van der Waals surface area contributed by atoms with Crippen molar-refractivity contribution in [3.8, 4) is 0 Å². The second-order valence-electron chi connectivity index (χ2n) is 4.58. The molecule has 1 unspecified atom stereocenters. The zero-order valence-corrected chi connectivity index (χ0v) is 12.0. The molecule has 0 aliphatic carbocycles. The summed E-state index contributed by atoms with van der Waals surface area (Å²) in [6.45, 7) is 3.57. The van der Waals surface area contributed by atoms with Gasteiger partial charge >= 0.3 is 0 Å². The fraction of sp³-hybridized carbons (Fsp3) is 0.429. The van der Waals surface area contributed by atoms with Crippen molar-refractivity contribution >= 4 is 9.84 Å². The van der Waals surface area contributed by atoms with Crippen LogP contribution >= 0.6 is 0 Å². The summed E-state index contributed by atoms with van der Waals surface area (Å²) >= 11 is 0. The topological polar surface area (TPSA) is 55.4 Å². The number of likely N-dealkylation sites (N-methyl/N-ethyl adjacent to an activating group) is 1. The molecule has 1 heterocycles. The predicted molar refractivity (Wildman–Crippen MR) is 74.6 cm³/mol. The first-order valence-electron chi connectivity index (χ1n) is 6.38. The van der Waals surface area contributed by atoms with E-state index in [1.807, 2.05) is 19.1 Å². The number of hydrogen-bond donors (Lipinski definition) is 1. The van der Waals surface area contributed by atoms with Crippen LogP contribution in [-0.4, -0.2) is 27.8 Å². The van der Waals surface area contributed by atoms with Crippen molar-refractivity contribution in [2.45, 2.75) is 24.3 Å². The van der Waals surface area contributed by atoms with E-state index < -0.39 is 9.84 Å². The molecule has 0 spiro atoms. The Balaban J connectivity index is 2.27. The second-order valence-corrected chi connectivity index (χ2v) is 6.59. The highest BCUT2D eigenvalue weighted by molar-refractivity contribution is 7.90. The first-order valence-corrected chi connectivity index (χ1v) is 8.27. The van der Waals surface area contributed by atoms with Crippen molar-refractivity contribution in [1.29, 1.82) is 0 Å². The van der Waals surface area contributed by atoms with E-state index in [-0.39, 0.29) is 6.04 Å². The van der Waals surface area contributed by atoms with Gasteiger partial charge in [0.1, 0.15) is 5.76 Å². The van der Waals surface area contributed by atoms with Crippen LogP contribution in [0.4, 0.5) is 0 Å². The molecule has 0 aromatic heterocycles. The molecule has 1 aromatic rings. The Hall–Kier alpha value is -1.33. The Morgan fingerprint density at radius 2 is 2.00 bits per heavy atom. The van der Waals surface area contributed by atoms with Crippen molar-refractivity contribution in [2.24, 2.45) is 0 Å². The van der Waals surface area contributed by atoms with E-state index in [1.54, 1.807) is 12.1 Å². The molecular formula is C14H19NO3S. The van der Waals surface area contributed by atoms with Gasteiger partial charge in [0.2, 0.25) is 0 Å². The molecule has 0 bridgehead atoms. The summed E-state index contributed by atoms with van der Waals surface area (Å²) in [6.07, 6.45) is 4.23. The first kappa shape index (κ1) is 14.1. The molecule has 1 aromatic carbocycles. The first-order chi connectivity index (χ1) is 9.02. The molecule has 1 N–H and O–H groups in total. The van der Waals surface area contributed by atoms with Gasteiger partial charge in [-0.05, 0) is 30.3 Å². The summed E-state index contributed by atoms with van der Waals surface area (Å²) in [4.78, 5) is 0.341. The lowest BCUT2D eigenvalue weighted by molar-refractivity contribution is 0.216. The van der Waals surface area contributed by atoms with E-state index >= 15 is 0 Å². The fourth-order valence-electron chi connectivity index (χ4n) is 2.13. The molecule has 1 atom stereocenters. The predicted octanol–water partition coefficient (Wildman–Crippen LogP) is 2.04. The van der Waals surface area contributed by atoms with Gasteiger partial charge in [0.05, 0.1) is 17.5 Å². The highest BCUT2D eigenvalue weighted by atomic mass is 32.2. The van der Waals surface area contributed by atoms with Crippen molar-refractivity contribution in [3.63, 3.8) is 0 Å². The Morgan fingerprint density at radius 3 is 2.47 bits per heavy atom. The summed E-state index contributed by atoms with van der Waals surface area (Å²) in [5, 5.41) is 3.36. The quantitative estimate of drug-likeness (QED) is 0.897. The Labute approximate surface area is 114 Å². The normalized spacial score (nSPS) is 16.8. The van der Waals surface area contributed by atoms with Crippen LogP contribution in [0.1, 0.15) is 24.9 Å². The van der Waals surface area contributed by atoms with E-state index in [9.17, 15) is 8.42 Å². The van der Waals surface area contributed by atoms with Crippen LogP contribution in [0.5, 0.6) is 0 Å². The molecule has 104 valence electrons. The van der Waals surface area contributed by atoms with Crippen LogP contribution in [0.25, 0.3) is 0 Å². The van der Waals surface area contributed by atoms with Crippen LogP contribution in [0, 0.1) is 0 Å². The monoisotopic (exact) mass is 281 g/mol. The third-order valence-corrected chi connectivity index (χ3v) is 4.19. The molecule has 1 aliphatic rings. The van der Waals surface area contributed by atoms with Gasteiger partial charge in [-0.1, -0.05) is 19.1 Å². The Morgan fingerprint density at radius 1 is 1.32 bits per heavy atom. The maximum absolute atomic E-state index is 11.4. The van der Waals surface area contributed by atoms with Crippen molar-refractivity contribution in [1.82, 2.24) is 5.32 Å². The maximum atomic E-state index is 11.4. The SMILES string of the molecule is CCNC(C1=CCCO1)c1ccc(S(C)(=O)=O)cc1. The minimum Gasteiger partial charge on any atom is -0.496 e. The zero-order chi connectivity index (χ0) is 13.9. The van der Waals surface area contributed by atoms with Gasteiger partial charge < -0.3 is 10.1 Å². The molecule has 0 radical (unpaired) electrons. The third-order valence-electron chi connectivity index (χ3n) is 3.07. The zero-order valence-electron chi connectivity index (χ0n) is 11.2. The molecule has 4 nitrogen and oxygen atoms in total. The number of sulfone groups is 1.